The highest BCUT2D eigenvalue weighted by Gasteiger charge is 2.40. The van der Waals surface area contributed by atoms with Gasteiger partial charge in [-0.25, -0.2) is 14.8 Å². The molecule has 0 aliphatic carbocycles. The average Bonchev–Trinajstić information content (AvgIpc) is 3.11. The van der Waals surface area contributed by atoms with Crippen molar-refractivity contribution in [2.45, 2.75) is 32.8 Å². The molecule has 0 unspecified atom stereocenters. The molecule has 2 aromatic heterocycles. The quantitative estimate of drug-likeness (QED) is 0.908. The molecule has 0 radical (unpaired) electrons. The third-order valence-electron chi connectivity index (χ3n) is 5.05. The Hall–Kier alpha value is -2.15. The fraction of sp³-hybridized carbons (Fsp3) is 0.588. The van der Waals surface area contributed by atoms with Gasteiger partial charge in [-0.05, 0) is 18.3 Å². The molecule has 7 heteroatoms. The molecule has 0 saturated carbocycles. The van der Waals surface area contributed by atoms with Gasteiger partial charge in [0, 0.05) is 44.1 Å². The largest absolute Gasteiger partial charge is 0.477 e. The van der Waals surface area contributed by atoms with Crippen molar-refractivity contribution in [1.82, 2.24) is 14.4 Å². The van der Waals surface area contributed by atoms with Crippen molar-refractivity contribution in [3.8, 4) is 0 Å². The van der Waals surface area contributed by atoms with Gasteiger partial charge in [0.25, 0.3) is 0 Å². The summed E-state index contributed by atoms with van der Waals surface area (Å²) in [5.74, 6) is 0.0848. The number of imidazole rings is 1. The number of nitrogens with zero attached hydrogens (tertiary/aromatic N) is 4. The highest BCUT2D eigenvalue weighted by atomic mass is 16.5. The maximum atomic E-state index is 11.4. The van der Waals surface area contributed by atoms with E-state index < -0.39 is 5.97 Å². The van der Waals surface area contributed by atoms with Crippen LogP contribution in [0.5, 0.6) is 0 Å². The van der Waals surface area contributed by atoms with Crippen LogP contribution in [0.25, 0.3) is 5.65 Å². The van der Waals surface area contributed by atoms with Crippen LogP contribution in [0.3, 0.4) is 0 Å². The van der Waals surface area contributed by atoms with Crippen LogP contribution >= 0.6 is 0 Å². The van der Waals surface area contributed by atoms with Crippen molar-refractivity contribution >= 4 is 17.6 Å². The zero-order valence-corrected chi connectivity index (χ0v) is 14.0. The lowest BCUT2D eigenvalue weighted by atomic mass is 9.85. The highest BCUT2D eigenvalue weighted by Crippen LogP contribution is 2.38. The number of rotatable bonds is 2. The lowest BCUT2D eigenvalue weighted by molar-refractivity contribution is 0.0634. The van der Waals surface area contributed by atoms with Crippen molar-refractivity contribution < 1.29 is 14.6 Å². The summed E-state index contributed by atoms with van der Waals surface area (Å²) in [6.07, 6.45) is 5.86. The second kappa shape index (κ2) is 5.44. The van der Waals surface area contributed by atoms with Crippen molar-refractivity contribution in [1.29, 1.82) is 0 Å². The number of hydrogen-bond acceptors (Lipinski definition) is 5. The van der Waals surface area contributed by atoms with Gasteiger partial charge in [0.2, 0.25) is 5.95 Å². The fourth-order valence-electron chi connectivity index (χ4n) is 3.99. The van der Waals surface area contributed by atoms with Crippen LogP contribution < -0.4 is 4.90 Å². The molecule has 2 aliphatic rings. The van der Waals surface area contributed by atoms with E-state index in [1.807, 2.05) is 10.6 Å². The smallest absolute Gasteiger partial charge is 0.354 e. The van der Waals surface area contributed by atoms with Gasteiger partial charge in [-0.15, -0.1) is 0 Å². The molecule has 4 rings (SSSR count). The van der Waals surface area contributed by atoms with Crippen LogP contribution in [0.4, 0.5) is 5.95 Å². The predicted octanol–water partition coefficient (Wildman–Crippen LogP) is 2.07. The van der Waals surface area contributed by atoms with Gasteiger partial charge in [0.1, 0.15) is 5.65 Å². The number of fused-ring (bicyclic) bond motifs is 2. The van der Waals surface area contributed by atoms with E-state index in [0.29, 0.717) is 17.5 Å². The molecule has 1 N–H and O–H groups in total. The zero-order valence-electron chi connectivity index (χ0n) is 14.0. The first-order valence-electron chi connectivity index (χ1n) is 8.37. The molecule has 24 heavy (non-hydrogen) atoms. The molecule has 0 spiro atoms. The van der Waals surface area contributed by atoms with Crippen molar-refractivity contribution in [3.63, 3.8) is 0 Å². The monoisotopic (exact) mass is 330 g/mol. The van der Waals surface area contributed by atoms with Crippen molar-refractivity contribution in [2.24, 2.45) is 11.3 Å². The fourth-order valence-corrected chi connectivity index (χ4v) is 3.99. The van der Waals surface area contributed by atoms with Gasteiger partial charge in [0.05, 0.1) is 6.10 Å². The summed E-state index contributed by atoms with van der Waals surface area (Å²) in [5, 5.41) is 9.37. The van der Waals surface area contributed by atoms with Gasteiger partial charge in [-0.3, -0.25) is 4.40 Å². The Kier molecular flexibility index (Phi) is 3.49. The molecule has 2 saturated heterocycles. The average molecular weight is 330 g/mol. The van der Waals surface area contributed by atoms with E-state index in [0.717, 1.165) is 32.5 Å². The molecule has 2 aliphatic heterocycles. The van der Waals surface area contributed by atoms with Gasteiger partial charge >= 0.3 is 5.97 Å². The summed E-state index contributed by atoms with van der Waals surface area (Å²) in [6, 6.07) is 1.51. The van der Waals surface area contributed by atoms with E-state index in [1.165, 1.54) is 6.07 Å². The molecule has 2 aromatic rings. The number of carboxylic acids is 1. The Labute approximate surface area is 140 Å². The number of hydrogen-bond donors (Lipinski definition) is 1. The Balaban J connectivity index is 1.80. The zero-order chi connectivity index (χ0) is 16.9. The maximum absolute atomic E-state index is 11.4. The first kappa shape index (κ1) is 15.4. The summed E-state index contributed by atoms with van der Waals surface area (Å²) in [7, 11) is 0. The number of aromatic carboxylic acids is 1. The summed E-state index contributed by atoms with van der Waals surface area (Å²) < 4.78 is 7.80. The summed E-state index contributed by atoms with van der Waals surface area (Å²) in [5.41, 5.74) is 0.709. The minimum atomic E-state index is -1.03. The Morgan fingerprint density at radius 3 is 3.08 bits per heavy atom. The first-order chi connectivity index (χ1) is 11.4. The predicted molar refractivity (Wildman–Crippen MR) is 88.4 cm³/mol. The summed E-state index contributed by atoms with van der Waals surface area (Å²) >= 11 is 0. The normalized spacial score (nSPS) is 26.3. The third kappa shape index (κ3) is 2.62. The maximum Gasteiger partial charge on any atom is 0.354 e. The molecular weight excluding hydrogens is 308 g/mol. The molecule has 0 aromatic carbocycles. The number of carbonyl (C=O) groups is 1. The first-order valence-corrected chi connectivity index (χ1v) is 8.37. The lowest BCUT2D eigenvalue weighted by Gasteiger charge is -2.31. The lowest BCUT2D eigenvalue weighted by Crippen LogP contribution is -2.36. The SMILES string of the molecule is CC1(C)C[C@@H]2OCC[C@@H]2CN(c2nc(C(=O)O)cc3nccn23)C1. The number of carboxylic acid groups (broad SMARTS) is 1. The Morgan fingerprint density at radius 1 is 1.46 bits per heavy atom. The molecule has 7 nitrogen and oxygen atoms in total. The Morgan fingerprint density at radius 2 is 2.29 bits per heavy atom. The molecule has 0 bridgehead atoms. The molecule has 128 valence electrons. The van der Waals surface area contributed by atoms with Crippen LogP contribution in [0, 0.1) is 11.3 Å². The van der Waals surface area contributed by atoms with E-state index in [2.05, 4.69) is 28.7 Å². The van der Waals surface area contributed by atoms with Crippen LogP contribution in [-0.4, -0.2) is 51.2 Å². The summed E-state index contributed by atoms with van der Waals surface area (Å²) in [6.45, 7) is 6.92. The van der Waals surface area contributed by atoms with E-state index in [9.17, 15) is 9.90 Å². The second-order valence-electron chi connectivity index (χ2n) is 7.61. The van der Waals surface area contributed by atoms with Crippen LogP contribution in [0.1, 0.15) is 37.2 Å². The van der Waals surface area contributed by atoms with Crippen LogP contribution in [-0.2, 0) is 4.74 Å². The van der Waals surface area contributed by atoms with Gasteiger partial charge in [-0.1, -0.05) is 13.8 Å². The van der Waals surface area contributed by atoms with E-state index in [1.54, 1.807) is 6.20 Å². The van der Waals surface area contributed by atoms with E-state index in [-0.39, 0.29) is 17.2 Å². The minimum Gasteiger partial charge on any atom is -0.477 e. The van der Waals surface area contributed by atoms with Gasteiger partial charge < -0.3 is 14.7 Å². The van der Waals surface area contributed by atoms with Crippen molar-refractivity contribution in [3.05, 3.63) is 24.2 Å². The van der Waals surface area contributed by atoms with Gasteiger partial charge in [0.15, 0.2) is 5.69 Å². The number of aromatic nitrogens is 3. The highest BCUT2D eigenvalue weighted by molar-refractivity contribution is 5.87. The minimum absolute atomic E-state index is 0.0324. The molecule has 2 atom stereocenters. The number of ether oxygens (including phenoxy) is 1. The number of anilines is 1. The third-order valence-corrected chi connectivity index (χ3v) is 5.05. The second-order valence-corrected chi connectivity index (χ2v) is 7.61. The van der Waals surface area contributed by atoms with E-state index >= 15 is 0 Å². The molecule has 4 heterocycles. The topological polar surface area (TPSA) is 80.0 Å². The van der Waals surface area contributed by atoms with Crippen molar-refractivity contribution in [2.75, 3.05) is 24.6 Å². The Bertz CT molecular complexity index is 785. The van der Waals surface area contributed by atoms with E-state index in [4.69, 9.17) is 4.74 Å². The summed E-state index contributed by atoms with van der Waals surface area (Å²) in [4.78, 5) is 22.3. The molecular formula is C17H22N4O3. The standard InChI is InChI=1S/C17H22N4O3/c1-17(2)8-13-11(3-6-24-13)9-20(10-17)16-19-12(15(22)23)7-14-18-4-5-21(14)16/h4-5,7,11,13H,3,6,8-10H2,1-2H3,(H,22,23)/t11-,13+/m1/s1. The van der Waals surface area contributed by atoms with Gasteiger partial charge in [-0.2, -0.15) is 0 Å². The molecule has 2 fully saturated rings. The van der Waals surface area contributed by atoms with Crippen LogP contribution in [0.2, 0.25) is 0 Å². The van der Waals surface area contributed by atoms with Crippen LogP contribution in [0.15, 0.2) is 18.5 Å². The molecule has 0 amide bonds.